The van der Waals surface area contributed by atoms with E-state index in [0.29, 0.717) is 12.1 Å². The summed E-state index contributed by atoms with van der Waals surface area (Å²) in [5.41, 5.74) is 1.45. The largest absolute Gasteiger partial charge is 0.355 e. The van der Waals surface area contributed by atoms with E-state index in [4.69, 9.17) is 0 Å². The van der Waals surface area contributed by atoms with Crippen LogP contribution in [0.1, 0.15) is 18.1 Å². The number of hydrogen-bond acceptors (Lipinski definition) is 4. The molecule has 0 aliphatic rings. The summed E-state index contributed by atoms with van der Waals surface area (Å²) in [6, 6.07) is 26.3. The summed E-state index contributed by atoms with van der Waals surface area (Å²) in [5, 5.41) is 4.46. The summed E-state index contributed by atoms with van der Waals surface area (Å²) in [4.78, 5) is 28.5. The zero-order chi connectivity index (χ0) is 28.7. The van der Waals surface area contributed by atoms with Crippen LogP contribution in [-0.4, -0.2) is 55.6 Å². The van der Waals surface area contributed by atoms with Gasteiger partial charge in [0.25, 0.3) is 0 Å². The number of likely N-dealkylation sites (N-methyl/N-ethyl adjacent to an activating group) is 2. The van der Waals surface area contributed by atoms with Gasteiger partial charge in [-0.3, -0.25) is 9.59 Å². The fraction of sp³-hybridized carbons (Fsp3) is 0.226. The van der Waals surface area contributed by atoms with Crippen LogP contribution in [0.4, 0.5) is 4.39 Å². The maximum absolute atomic E-state index is 13.8. The normalized spacial score (nSPS) is 12.3. The van der Waals surface area contributed by atoms with Crippen molar-refractivity contribution < 1.29 is 22.4 Å². The molecule has 9 heteroatoms. The van der Waals surface area contributed by atoms with Crippen molar-refractivity contribution in [3.8, 4) is 0 Å². The fourth-order valence-corrected chi connectivity index (χ4v) is 5.66. The van der Waals surface area contributed by atoms with E-state index in [1.165, 1.54) is 30.1 Å². The molecular weight excluding hydrogens is 529 g/mol. The van der Waals surface area contributed by atoms with Crippen LogP contribution in [0.2, 0.25) is 0 Å². The molecule has 1 N–H and O–H groups in total. The highest BCUT2D eigenvalue weighted by Gasteiger charge is 2.33. The molecule has 0 saturated carbocycles. The van der Waals surface area contributed by atoms with Crippen LogP contribution in [0.3, 0.4) is 0 Å². The van der Waals surface area contributed by atoms with E-state index >= 15 is 0 Å². The Morgan fingerprint density at radius 2 is 1.50 bits per heavy atom. The minimum atomic E-state index is -4.02. The first kappa shape index (κ1) is 28.9. The number of fused-ring (bicyclic) bond motifs is 1. The van der Waals surface area contributed by atoms with E-state index in [-0.39, 0.29) is 23.8 Å². The number of nitrogens with one attached hydrogen (secondary N) is 1. The first-order valence-corrected chi connectivity index (χ1v) is 14.4. The minimum absolute atomic E-state index is 0.00237. The number of sulfonamides is 1. The molecule has 7 nitrogen and oxygen atoms in total. The molecule has 0 unspecified atom stereocenters. The summed E-state index contributed by atoms with van der Waals surface area (Å²) in [7, 11) is -2.67. The number of hydrogen-bond donors (Lipinski definition) is 1. The van der Waals surface area contributed by atoms with Gasteiger partial charge in [0.2, 0.25) is 21.8 Å². The second kappa shape index (κ2) is 12.8. The van der Waals surface area contributed by atoms with Gasteiger partial charge in [-0.2, -0.15) is 4.31 Å². The van der Waals surface area contributed by atoms with Crippen LogP contribution < -0.4 is 5.32 Å². The van der Waals surface area contributed by atoms with Crippen molar-refractivity contribution in [1.82, 2.24) is 14.5 Å². The molecule has 4 rings (SSSR count). The van der Waals surface area contributed by atoms with Crippen LogP contribution in [-0.2, 0) is 32.6 Å². The lowest BCUT2D eigenvalue weighted by atomic mass is 10.0. The first-order valence-electron chi connectivity index (χ1n) is 13.0. The van der Waals surface area contributed by atoms with Crippen LogP contribution >= 0.6 is 0 Å². The number of amides is 2. The van der Waals surface area contributed by atoms with Crippen LogP contribution in [0.5, 0.6) is 0 Å². The Balaban J connectivity index is 1.65. The third kappa shape index (κ3) is 6.91. The number of rotatable bonds is 11. The second-order valence-corrected chi connectivity index (χ2v) is 11.6. The van der Waals surface area contributed by atoms with Gasteiger partial charge in [0.05, 0.1) is 11.4 Å². The Morgan fingerprint density at radius 1 is 0.850 bits per heavy atom. The van der Waals surface area contributed by atoms with Crippen molar-refractivity contribution in [1.29, 1.82) is 0 Å². The average Bonchev–Trinajstić information content (AvgIpc) is 2.96. The Labute approximate surface area is 234 Å². The highest BCUT2D eigenvalue weighted by atomic mass is 32.2. The molecule has 0 bridgehead atoms. The SMILES string of the molecule is CCNC(=O)[C@H](Cc1ccccc1)N(Cc1ccc(F)cc1)C(=O)CN(C)S(=O)(=O)c1ccc2ccccc2c1. The van der Waals surface area contributed by atoms with E-state index < -0.39 is 34.3 Å². The quantitative estimate of drug-likeness (QED) is 0.295. The second-order valence-electron chi connectivity index (χ2n) is 9.52. The smallest absolute Gasteiger partial charge is 0.243 e. The topological polar surface area (TPSA) is 86.8 Å². The molecule has 4 aromatic rings. The molecule has 40 heavy (non-hydrogen) atoms. The lowest BCUT2D eigenvalue weighted by molar-refractivity contribution is -0.141. The number of halogens is 1. The molecule has 1 atom stereocenters. The molecule has 2 amide bonds. The summed E-state index contributed by atoms with van der Waals surface area (Å²) in [6.45, 7) is 1.66. The highest BCUT2D eigenvalue weighted by molar-refractivity contribution is 7.89. The Morgan fingerprint density at radius 3 is 2.17 bits per heavy atom. The standard InChI is InChI=1S/C31H32FN3O4S/c1-3-33-31(37)29(19-23-9-5-4-6-10-23)35(21-24-13-16-27(32)17-14-24)30(36)22-34(2)40(38,39)28-18-15-25-11-7-8-12-26(25)20-28/h4-18,20,29H,3,19,21-22H2,1-2H3,(H,33,37)/t29-/m0/s1. The van der Waals surface area contributed by atoms with Gasteiger partial charge in [0, 0.05) is 26.6 Å². The van der Waals surface area contributed by atoms with Gasteiger partial charge in [0.1, 0.15) is 11.9 Å². The van der Waals surface area contributed by atoms with Gasteiger partial charge in [0.15, 0.2) is 0 Å². The number of benzene rings is 4. The molecule has 4 aromatic carbocycles. The number of carbonyl (C=O) groups is 2. The lowest BCUT2D eigenvalue weighted by Crippen LogP contribution is -2.53. The van der Waals surface area contributed by atoms with E-state index in [9.17, 15) is 22.4 Å². The Kier molecular flexibility index (Phi) is 9.29. The Hall–Kier alpha value is -4.08. The van der Waals surface area contributed by atoms with Crippen molar-refractivity contribution in [2.24, 2.45) is 0 Å². The van der Waals surface area contributed by atoms with Gasteiger partial charge in [-0.1, -0.05) is 72.8 Å². The van der Waals surface area contributed by atoms with Gasteiger partial charge in [-0.05, 0) is 53.1 Å². The summed E-state index contributed by atoms with van der Waals surface area (Å²) >= 11 is 0. The third-order valence-electron chi connectivity index (χ3n) is 6.68. The van der Waals surface area contributed by atoms with Gasteiger partial charge >= 0.3 is 0 Å². The predicted molar refractivity (Wildman–Crippen MR) is 153 cm³/mol. The van der Waals surface area contributed by atoms with E-state index in [0.717, 1.165) is 20.6 Å². The van der Waals surface area contributed by atoms with Crippen LogP contribution in [0.25, 0.3) is 10.8 Å². The van der Waals surface area contributed by atoms with Crippen molar-refractivity contribution in [2.45, 2.75) is 30.8 Å². The summed E-state index contributed by atoms with van der Waals surface area (Å²) in [5.74, 6) is -1.34. The van der Waals surface area contributed by atoms with Crippen molar-refractivity contribution in [3.63, 3.8) is 0 Å². The molecule has 0 aromatic heterocycles. The maximum atomic E-state index is 13.8. The maximum Gasteiger partial charge on any atom is 0.243 e. The van der Waals surface area contributed by atoms with Crippen molar-refractivity contribution in [2.75, 3.05) is 20.1 Å². The average molecular weight is 562 g/mol. The highest BCUT2D eigenvalue weighted by Crippen LogP contribution is 2.22. The molecule has 0 heterocycles. The van der Waals surface area contributed by atoms with Crippen LogP contribution in [0, 0.1) is 5.82 Å². The zero-order valence-electron chi connectivity index (χ0n) is 22.5. The van der Waals surface area contributed by atoms with E-state index in [2.05, 4.69) is 5.32 Å². The summed E-state index contributed by atoms with van der Waals surface area (Å²) < 4.78 is 41.5. The molecule has 208 valence electrons. The molecule has 0 aliphatic heterocycles. The predicted octanol–water partition coefficient (Wildman–Crippen LogP) is 4.38. The van der Waals surface area contributed by atoms with Gasteiger partial charge in [-0.15, -0.1) is 0 Å². The third-order valence-corrected chi connectivity index (χ3v) is 8.47. The minimum Gasteiger partial charge on any atom is -0.355 e. The first-order chi connectivity index (χ1) is 19.2. The van der Waals surface area contributed by atoms with E-state index in [1.807, 2.05) is 54.6 Å². The van der Waals surface area contributed by atoms with E-state index in [1.54, 1.807) is 31.2 Å². The summed E-state index contributed by atoms with van der Waals surface area (Å²) in [6.07, 6.45) is 0.223. The van der Waals surface area contributed by atoms with Gasteiger partial charge in [-0.25, -0.2) is 12.8 Å². The molecule has 0 saturated heterocycles. The van der Waals surface area contributed by atoms with Gasteiger partial charge < -0.3 is 10.2 Å². The molecule has 0 fully saturated rings. The molecular formula is C31H32FN3O4S. The molecule has 0 aliphatic carbocycles. The van der Waals surface area contributed by atoms with Crippen molar-refractivity contribution in [3.05, 3.63) is 114 Å². The number of nitrogens with zero attached hydrogens (tertiary/aromatic N) is 2. The molecule has 0 radical (unpaired) electrons. The van der Waals surface area contributed by atoms with Crippen LogP contribution in [0.15, 0.2) is 102 Å². The monoisotopic (exact) mass is 561 g/mol. The zero-order valence-corrected chi connectivity index (χ0v) is 23.3. The Bertz CT molecular complexity index is 1580. The fourth-order valence-electron chi connectivity index (χ4n) is 4.51. The molecule has 0 spiro atoms. The number of carbonyl (C=O) groups excluding carboxylic acids is 2. The lowest BCUT2D eigenvalue weighted by Gasteiger charge is -2.32. The van der Waals surface area contributed by atoms with Crippen molar-refractivity contribution >= 4 is 32.6 Å².